The smallest absolute Gasteiger partial charge is 0.346 e. The molecule has 318 valence electrons. The van der Waals surface area contributed by atoms with Gasteiger partial charge in [0, 0.05) is 0 Å². The Bertz CT molecular complexity index is 2800. The van der Waals surface area contributed by atoms with Gasteiger partial charge in [0.05, 0.1) is 33.0 Å². The number of aryl methyl sites for hydroxylation is 4. The average molecular weight is 868 g/mol. The van der Waals surface area contributed by atoms with Crippen LogP contribution in [0, 0.1) is 11.3 Å². The molecule has 0 saturated carbocycles. The second-order valence-corrected chi connectivity index (χ2v) is 19.0. The van der Waals surface area contributed by atoms with Gasteiger partial charge < -0.3 is 4.74 Å². The molecule has 0 heterocycles. The van der Waals surface area contributed by atoms with E-state index in [1.54, 1.807) is 84.9 Å². The van der Waals surface area contributed by atoms with E-state index in [1.165, 1.54) is 12.1 Å². The van der Waals surface area contributed by atoms with Crippen molar-refractivity contribution in [2.75, 3.05) is 9.44 Å². The Morgan fingerprint density at radius 3 is 1.52 bits per heavy atom. The van der Waals surface area contributed by atoms with E-state index in [4.69, 9.17) is 4.74 Å². The summed E-state index contributed by atoms with van der Waals surface area (Å²) in [6.07, 6.45) is 4.88. The summed E-state index contributed by atoms with van der Waals surface area (Å²) < 4.78 is 63.4. The summed E-state index contributed by atoms with van der Waals surface area (Å²) in [4.78, 5) is 25.9. The second kappa shape index (κ2) is 19.9. The van der Waals surface area contributed by atoms with Gasteiger partial charge in [-0.25, -0.2) is 26.4 Å². The summed E-state index contributed by atoms with van der Waals surface area (Å²) in [5.41, 5.74) is 6.14. The van der Waals surface area contributed by atoms with Gasteiger partial charge in [0.15, 0.2) is 0 Å². The van der Waals surface area contributed by atoms with Gasteiger partial charge in [-0.05, 0) is 139 Å². The lowest BCUT2D eigenvalue weighted by atomic mass is 9.82. The van der Waals surface area contributed by atoms with Crippen molar-refractivity contribution >= 4 is 43.4 Å². The third-order valence-electron chi connectivity index (χ3n) is 11.0. The molecule has 62 heavy (non-hydrogen) atoms. The first-order valence-electron chi connectivity index (χ1n) is 20.4. The van der Waals surface area contributed by atoms with Gasteiger partial charge in [-0.2, -0.15) is 5.26 Å². The predicted molar refractivity (Wildman–Crippen MR) is 242 cm³/mol. The first-order valence-corrected chi connectivity index (χ1v) is 23.4. The van der Waals surface area contributed by atoms with Crippen LogP contribution in [0.1, 0.15) is 94.1 Å². The molecule has 0 aliphatic heterocycles. The minimum absolute atomic E-state index is 0.0477. The standard InChI is InChI=1S/C50H49N3O7S2/c1-4-50(2,3)43-31-33-44(34-32-43)61(56,57)52-45-20-8-5-15-38(45)18-11-13-36-23-27-40(28-24-36)48(54)60-49(55)41-29-25-37(26-30-41)14-12-19-39-16-6-9-21-46(39)53-62(58,59)47-22-10-7-17-42(47)35-51/h5-10,15-17,20-34,52-53H,4,11-14,18-19H2,1-3H3. The monoisotopic (exact) mass is 867 g/mol. The van der Waals surface area contributed by atoms with Crippen LogP contribution in [-0.2, 0) is 55.9 Å². The van der Waals surface area contributed by atoms with Gasteiger partial charge in [-0.3, -0.25) is 9.44 Å². The molecule has 0 unspecified atom stereocenters. The van der Waals surface area contributed by atoms with Gasteiger partial charge in [0.1, 0.15) is 11.0 Å². The topological polar surface area (TPSA) is 159 Å². The lowest BCUT2D eigenvalue weighted by Gasteiger charge is -2.23. The van der Waals surface area contributed by atoms with E-state index in [0.717, 1.165) is 40.7 Å². The third-order valence-corrected chi connectivity index (χ3v) is 13.8. The zero-order chi connectivity index (χ0) is 44.3. The van der Waals surface area contributed by atoms with Crippen molar-refractivity contribution in [3.63, 3.8) is 0 Å². The number of rotatable bonds is 18. The number of nitrogens with zero attached hydrogens (tertiary/aromatic N) is 1. The molecule has 0 amide bonds. The molecular weight excluding hydrogens is 819 g/mol. The van der Waals surface area contributed by atoms with Crippen molar-refractivity contribution in [1.82, 2.24) is 0 Å². The first kappa shape index (κ1) is 45.0. The highest BCUT2D eigenvalue weighted by atomic mass is 32.2. The molecule has 0 aliphatic carbocycles. The van der Waals surface area contributed by atoms with E-state index >= 15 is 0 Å². The SMILES string of the molecule is CCC(C)(C)c1ccc(S(=O)(=O)Nc2ccccc2CCCc2ccc(C(=O)OC(=O)c3ccc(CCCc4ccccc4NS(=O)(=O)c4ccccc4C#N)cc3)cc2)cc1. The van der Waals surface area contributed by atoms with E-state index in [9.17, 15) is 31.7 Å². The van der Waals surface area contributed by atoms with Crippen molar-refractivity contribution in [2.45, 2.75) is 80.9 Å². The summed E-state index contributed by atoms with van der Waals surface area (Å²) in [6.45, 7) is 6.37. The van der Waals surface area contributed by atoms with Crippen LogP contribution in [0.15, 0.2) is 155 Å². The molecule has 10 nitrogen and oxygen atoms in total. The predicted octanol–water partition coefficient (Wildman–Crippen LogP) is 10.2. The molecule has 0 bridgehead atoms. The normalized spacial score (nSPS) is 11.6. The number of anilines is 2. The largest absolute Gasteiger partial charge is 0.386 e. The molecule has 0 saturated heterocycles. The van der Waals surface area contributed by atoms with Crippen molar-refractivity contribution in [1.29, 1.82) is 5.26 Å². The Balaban J connectivity index is 0.964. The highest BCUT2D eigenvalue weighted by Crippen LogP contribution is 2.29. The Kier molecular flexibility index (Phi) is 14.4. The van der Waals surface area contributed by atoms with Gasteiger partial charge >= 0.3 is 11.9 Å². The molecule has 2 N–H and O–H groups in total. The fourth-order valence-electron chi connectivity index (χ4n) is 6.94. The Morgan fingerprint density at radius 1 is 0.581 bits per heavy atom. The maximum absolute atomic E-state index is 13.3. The number of sulfonamides is 2. The van der Waals surface area contributed by atoms with Crippen LogP contribution in [0.4, 0.5) is 11.4 Å². The zero-order valence-corrected chi connectivity index (χ0v) is 36.6. The molecule has 6 rings (SSSR count). The van der Waals surface area contributed by atoms with Gasteiger partial charge in [-0.15, -0.1) is 0 Å². The second-order valence-electron chi connectivity index (χ2n) is 15.7. The molecule has 0 fully saturated rings. The van der Waals surface area contributed by atoms with Gasteiger partial charge in [0.2, 0.25) is 0 Å². The van der Waals surface area contributed by atoms with Crippen molar-refractivity contribution in [3.8, 4) is 6.07 Å². The van der Waals surface area contributed by atoms with Crippen LogP contribution >= 0.6 is 0 Å². The van der Waals surface area contributed by atoms with E-state index in [-0.39, 0.29) is 31.9 Å². The third kappa shape index (κ3) is 11.4. The maximum Gasteiger partial charge on any atom is 0.346 e. The molecule has 6 aromatic carbocycles. The maximum atomic E-state index is 13.3. The van der Waals surface area contributed by atoms with Crippen molar-refractivity contribution < 1.29 is 31.2 Å². The summed E-state index contributed by atoms with van der Waals surface area (Å²) in [5, 5.41) is 9.38. The number of benzene rings is 6. The number of nitrogens with one attached hydrogen (secondary N) is 2. The molecule has 12 heteroatoms. The Labute approximate surface area is 364 Å². The molecule has 0 atom stereocenters. The number of esters is 2. The summed E-state index contributed by atoms with van der Waals surface area (Å²) >= 11 is 0. The number of hydrogen-bond donors (Lipinski definition) is 2. The Morgan fingerprint density at radius 2 is 1.03 bits per heavy atom. The summed E-state index contributed by atoms with van der Waals surface area (Å²) in [6, 6.07) is 43.2. The molecular formula is C50H49N3O7S2. The zero-order valence-electron chi connectivity index (χ0n) is 34.9. The number of hydrogen-bond acceptors (Lipinski definition) is 8. The van der Waals surface area contributed by atoms with Crippen LogP contribution < -0.4 is 9.44 Å². The lowest BCUT2D eigenvalue weighted by molar-refractivity contribution is 0.0397. The highest BCUT2D eigenvalue weighted by molar-refractivity contribution is 7.93. The number of ether oxygens (including phenoxy) is 1. The number of nitriles is 1. The van der Waals surface area contributed by atoms with Crippen LogP contribution in [0.5, 0.6) is 0 Å². The van der Waals surface area contributed by atoms with Crippen molar-refractivity contribution in [2.24, 2.45) is 0 Å². The van der Waals surface area contributed by atoms with E-state index in [0.29, 0.717) is 43.5 Å². The van der Waals surface area contributed by atoms with E-state index in [1.807, 2.05) is 54.6 Å². The number of carbonyl (C=O) groups excluding carboxylic acids is 2. The quantitative estimate of drug-likeness (QED) is 0.0638. The highest BCUT2D eigenvalue weighted by Gasteiger charge is 2.22. The number of para-hydroxylation sites is 2. The Hall–Kier alpha value is -6.55. The summed E-state index contributed by atoms with van der Waals surface area (Å²) in [5.74, 6) is -1.53. The van der Waals surface area contributed by atoms with Crippen LogP contribution in [0.3, 0.4) is 0 Å². The summed E-state index contributed by atoms with van der Waals surface area (Å²) in [7, 11) is -7.77. The van der Waals surface area contributed by atoms with Crippen LogP contribution in [0.2, 0.25) is 0 Å². The van der Waals surface area contributed by atoms with Gasteiger partial charge in [-0.1, -0.05) is 106 Å². The molecule has 0 aliphatic rings. The van der Waals surface area contributed by atoms with Gasteiger partial charge in [0.25, 0.3) is 20.0 Å². The fourth-order valence-corrected chi connectivity index (χ4v) is 9.31. The first-order chi connectivity index (χ1) is 29.7. The van der Waals surface area contributed by atoms with Crippen molar-refractivity contribution in [3.05, 3.63) is 190 Å². The minimum Gasteiger partial charge on any atom is -0.386 e. The van der Waals surface area contributed by atoms with Crippen LogP contribution in [-0.4, -0.2) is 28.8 Å². The molecule has 0 radical (unpaired) electrons. The van der Waals surface area contributed by atoms with E-state index < -0.39 is 32.0 Å². The molecule has 0 aromatic heterocycles. The number of carbonyl (C=O) groups is 2. The molecule has 0 spiro atoms. The fraction of sp³-hybridized carbons (Fsp3) is 0.220. The van der Waals surface area contributed by atoms with Crippen LogP contribution in [0.25, 0.3) is 0 Å². The minimum atomic E-state index is -3.98. The molecule has 6 aromatic rings. The average Bonchev–Trinajstić information content (AvgIpc) is 3.27. The van der Waals surface area contributed by atoms with E-state index in [2.05, 4.69) is 30.2 Å². The lowest BCUT2D eigenvalue weighted by Crippen LogP contribution is -2.17.